The van der Waals surface area contributed by atoms with Gasteiger partial charge in [0, 0.05) is 6.54 Å². The summed E-state index contributed by atoms with van der Waals surface area (Å²) in [7, 11) is 0. The van der Waals surface area contributed by atoms with Gasteiger partial charge in [0.15, 0.2) is 0 Å². The molecule has 0 radical (unpaired) electrons. The van der Waals surface area contributed by atoms with E-state index in [4.69, 9.17) is 9.47 Å². The smallest absolute Gasteiger partial charge is 0.240 e. The maximum absolute atomic E-state index is 13.2. The highest BCUT2D eigenvalue weighted by Gasteiger charge is 2.51. The van der Waals surface area contributed by atoms with Gasteiger partial charge in [-0.25, -0.2) is 0 Å². The van der Waals surface area contributed by atoms with Crippen LogP contribution in [0.3, 0.4) is 0 Å². The van der Waals surface area contributed by atoms with Crippen molar-refractivity contribution in [1.82, 2.24) is 10.6 Å². The quantitative estimate of drug-likeness (QED) is 0.389. The standard InChI is InChI=1S/C20H34N2O6S/c1-8(2)12(18-15(24)14(23)16(25)20(28-18)29-3)22-19(26)13-17-10(6-21-13)4-9-5-11(9)7-27-17/h8-18,20-21,23-25H,4-7H2,1-3H3,(H,22,26)/t9-,10-,11-,12+,13-,14?,15?,16+,17+,18+,20?/m0/s1. The van der Waals surface area contributed by atoms with Crippen LogP contribution in [0, 0.1) is 23.7 Å². The third-order valence-electron chi connectivity index (χ3n) is 7.07. The molecule has 0 spiro atoms. The molecule has 3 saturated heterocycles. The molecule has 1 amide bonds. The van der Waals surface area contributed by atoms with Crippen LogP contribution >= 0.6 is 11.8 Å². The highest BCUT2D eigenvalue weighted by molar-refractivity contribution is 7.99. The molecule has 0 aromatic carbocycles. The van der Waals surface area contributed by atoms with Crippen LogP contribution in [-0.4, -0.2) is 88.7 Å². The third-order valence-corrected chi connectivity index (χ3v) is 7.93. The molecule has 166 valence electrons. The van der Waals surface area contributed by atoms with Gasteiger partial charge in [-0.15, -0.1) is 11.8 Å². The number of amides is 1. The van der Waals surface area contributed by atoms with E-state index < -0.39 is 41.9 Å². The summed E-state index contributed by atoms with van der Waals surface area (Å²) in [4.78, 5) is 13.2. The number of carbonyl (C=O) groups excluding carboxylic acids is 1. The largest absolute Gasteiger partial charge is 0.388 e. The molecule has 4 aliphatic rings. The van der Waals surface area contributed by atoms with Gasteiger partial charge in [0.25, 0.3) is 0 Å². The fraction of sp³-hybridized carbons (Fsp3) is 0.950. The minimum atomic E-state index is -1.32. The normalized spacial score (nSPS) is 47.8. The number of fused-ring (bicyclic) bond motifs is 2. The van der Waals surface area contributed by atoms with Crippen LogP contribution in [0.4, 0.5) is 0 Å². The van der Waals surface area contributed by atoms with Crippen LogP contribution in [0.2, 0.25) is 0 Å². The lowest BCUT2D eigenvalue weighted by Crippen LogP contribution is -2.65. The molecule has 1 saturated carbocycles. The number of thioether (sulfide) groups is 1. The van der Waals surface area contributed by atoms with E-state index in [2.05, 4.69) is 10.6 Å². The van der Waals surface area contributed by atoms with Crippen LogP contribution in [0.25, 0.3) is 0 Å². The predicted molar refractivity (Wildman–Crippen MR) is 108 cm³/mol. The number of rotatable bonds is 5. The van der Waals surface area contributed by atoms with Crippen molar-refractivity contribution >= 4 is 17.7 Å². The molecule has 4 rings (SSSR count). The zero-order valence-electron chi connectivity index (χ0n) is 17.2. The molecule has 8 nitrogen and oxygen atoms in total. The van der Waals surface area contributed by atoms with Crippen molar-refractivity contribution in [2.45, 2.75) is 74.7 Å². The van der Waals surface area contributed by atoms with E-state index >= 15 is 0 Å². The first-order valence-corrected chi connectivity index (χ1v) is 12.0. The summed E-state index contributed by atoms with van der Waals surface area (Å²) in [6.45, 7) is 5.38. The monoisotopic (exact) mass is 430 g/mol. The predicted octanol–water partition coefficient (Wildman–Crippen LogP) is -0.689. The number of nitrogens with one attached hydrogen (secondary N) is 2. The Morgan fingerprint density at radius 3 is 2.52 bits per heavy atom. The fourth-order valence-electron chi connectivity index (χ4n) is 5.15. The van der Waals surface area contributed by atoms with E-state index in [1.807, 2.05) is 13.8 Å². The summed E-state index contributed by atoms with van der Waals surface area (Å²) in [5.41, 5.74) is -0.664. The number of aliphatic hydroxyl groups is 3. The van der Waals surface area contributed by atoms with E-state index in [9.17, 15) is 20.1 Å². The lowest BCUT2D eigenvalue weighted by molar-refractivity contribution is -0.208. The number of hydrogen-bond donors (Lipinski definition) is 5. The van der Waals surface area contributed by atoms with Gasteiger partial charge in [-0.05, 0) is 42.8 Å². The Morgan fingerprint density at radius 2 is 1.83 bits per heavy atom. The molecule has 3 heterocycles. The molecule has 29 heavy (non-hydrogen) atoms. The lowest BCUT2D eigenvalue weighted by Gasteiger charge is -2.44. The number of hydrogen-bond acceptors (Lipinski definition) is 8. The molecule has 1 aliphatic carbocycles. The van der Waals surface area contributed by atoms with Crippen molar-refractivity contribution in [3.05, 3.63) is 0 Å². The van der Waals surface area contributed by atoms with Gasteiger partial charge in [-0.2, -0.15) is 0 Å². The summed E-state index contributed by atoms with van der Waals surface area (Å²) < 4.78 is 12.0. The van der Waals surface area contributed by atoms with Gasteiger partial charge in [0.05, 0.1) is 18.8 Å². The minimum absolute atomic E-state index is 0.0385. The third kappa shape index (κ3) is 4.20. The molecule has 3 unspecified atom stereocenters. The number of ether oxygens (including phenoxy) is 2. The molecular weight excluding hydrogens is 396 g/mol. The number of carbonyl (C=O) groups is 1. The molecule has 4 fully saturated rings. The maximum atomic E-state index is 13.2. The first kappa shape index (κ1) is 21.8. The Bertz CT molecular complexity index is 608. The second-order valence-corrected chi connectivity index (χ2v) is 10.3. The average Bonchev–Trinajstić information content (AvgIpc) is 3.35. The van der Waals surface area contributed by atoms with Crippen molar-refractivity contribution in [3.63, 3.8) is 0 Å². The van der Waals surface area contributed by atoms with E-state index in [1.54, 1.807) is 6.26 Å². The molecular formula is C20H34N2O6S. The molecule has 0 bridgehead atoms. The Morgan fingerprint density at radius 1 is 1.10 bits per heavy atom. The Labute approximate surface area is 176 Å². The second-order valence-electron chi connectivity index (χ2n) is 9.39. The highest BCUT2D eigenvalue weighted by atomic mass is 32.2. The first-order valence-electron chi connectivity index (χ1n) is 10.7. The Kier molecular flexibility index (Phi) is 6.47. The van der Waals surface area contributed by atoms with Crippen LogP contribution in [0.5, 0.6) is 0 Å². The van der Waals surface area contributed by atoms with Crippen LogP contribution in [0.15, 0.2) is 0 Å². The van der Waals surface area contributed by atoms with E-state index in [0.717, 1.165) is 25.5 Å². The van der Waals surface area contributed by atoms with Crippen LogP contribution < -0.4 is 10.6 Å². The zero-order chi connectivity index (χ0) is 20.9. The SMILES string of the molecule is CSC1O[C@H]([C@H](NC(=O)[C@H]2NC[C@@H]3C[C@H]4C[C@H]4CO[C@H]32)C(C)C)C(O)C(O)[C@H]1O. The maximum Gasteiger partial charge on any atom is 0.240 e. The van der Waals surface area contributed by atoms with Crippen LogP contribution in [0.1, 0.15) is 26.7 Å². The van der Waals surface area contributed by atoms with Gasteiger partial charge >= 0.3 is 0 Å². The molecule has 11 atom stereocenters. The average molecular weight is 431 g/mol. The summed E-state index contributed by atoms with van der Waals surface area (Å²) in [5.74, 6) is 1.57. The molecule has 0 aromatic rings. The fourth-order valence-corrected chi connectivity index (χ4v) is 5.83. The zero-order valence-corrected chi connectivity index (χ0v) is 18.0. The van der Waals surface area contributed by atoms with Crippen molar-refractivity contribution in [2.24, 2.45) is 23.7 Å². The van der Waals surface area contributed by atoms with Gasteiger partial charge in [-0.3, -0.25) is 4.79 Å². The van der Waals surface area contributed by atoms with Gasteiger partial charge in [0.1, 0.15) is 35.9 Å². The van der Waals surface area contributed by atoms with Gasteiger partial charge in [-0.1, -0.05) is 13.8 Å². The minimum Gasteiger partial charge on any atom is -0.388 e. The van der Waals surface area contributed by atoms with Crippen molar-refractivity contribution in [2.75, 3.05) is 19.4 Å². The second kappa shape index (κ2) is 8.61. The molecule has 3 aliphatic heterocycles. The van der Waals surface area contributed by atoms with Gasteiger partial charge < -0.3 is 35.4 Å². The summed E-state index contributed by atoms with van der Waals surface area (Å²) >= 11 is 1.27. The van der Waals surface area contributed by atoms with E-state index in [1.165, 1.54) is 18.2 Å². The van der Waals surface area contributed by atoms with E-state index in [-0.39, 0.29) is 17.9 Å². The summed E-state index contributed by atoms with van der Waals surface area (Å²) in [6, 6.07) is -0.930. The first-order chi connectivity index (χ1) is 13.8. The molecule has 0 aromatic heterocycles. The van der Waals surface area contributed by atoms with Gasteiger partial charge in [0.2, 0.25) is 5.91 Å². The lowest BCUT2D eigenvalue weighted by atomic mass is 9.88. The summed E-state index contributed by atoms with van der Waals surface area (Å²) in [6.07, 6.45) is -0.589. The Hall–Kier alpha value is -0.420. The molecule has 9 heteroatoms. The van der Waals surface area contributed by atoms with Crippen LogP contribution in [-0.2, 0) is 14.3 Å². The topological polar surface area (TPSA) is 120 Å². The highest BCUT2D eigenvalue weighted by Crippen LogP contribution is 2.48. The van der Waals surface area contributed by atoms with Crippen molar-refractivity contribution < 1.29 is 29.6 Å². The van der Waals surface area contributed by atoms with Crippen molar-refractivity contribution in [3.8, 4) is 0 Å². The molecule has 5 N–H and O–H groups in total. The summed E-state index contributed by atoms with van der Waals surface area (Å²) in [5, 5.41) is 37.3. The van der Waals surface area contributed by atoms with E-state index in [0.29, 0.717) is 11.8 Å². The Balaban J connectivity index is 1.44. The van der Waals surface area contributed by atoms with Crippen molar-refractivity contribution in [1.29, 1.82) is 0 Å². The number of aliphatic hydroxyl groups excluding tert-OH is 3.